The summed E-state index contributed by atoms with van der Waals surface area (Å²) in [5.41, 5.74) is 0.756. The van der Waals surface area contributed by atoms with Gasteiger partial charge in [-0.1, -0.05) is 15.9 Å². The smallest absolute Gasteiger partial charge is 0.273 e. The van der Waals surface area contributed by atoms with Crippen molar-refractivity contribution in [3.05, 3.63) is 56.6 Å². The molecule has 0 aliphatic rings. The molecule has 0 amide bonds. The van der Waals surface area contributed by atoms with Crippen molar-refractivity contribution in [1.82, 2.24) is 15.3 Å². The Morgan fingerprint density at radius 1 is 1.44 bits per heavy atom. The molecule has 18 heavy (non-hydrogen) atoms. The fourth-order valence-electron chi connectivity index (χ4n) is 1.58. The Bertz CT molecular complexity index is 542. The van der Waals surface area contributed by atoms with Crippen LogP contribution in [0, 0.1) is 10.1 Å². The lowest BCUT2D eigenvalue weighted by atomic mass is 10.2. The quantitative estimate of drug-likeness (QED) is 0.656. The molecule has 0 radical (unpaired) electrons. The van der Waals surface area contributed by atoms with Crippen LogP contribution in [0.15, 0.2) is 35.1 Å². The number of nitrogens with one attached hydrogen (secondary N) is 2. The van der Waals surface area contributed by atoms with E-state index in [9.17, 15) is 10.1 Å². The van der Waals surface area contributed by atoms with Gasteiger partial charge in [0.15, 0.2) is 0 Å². The molecule has 0 aliphatic carbocycles. The first-order valence-corrected chi connectivity index (χ1v) is 6.08. The van der Waals surface area contributed by atoms with Crippen molar-refractivity contribution in [1.29, 1.82) is 0 Å². The minimum atomic E-state index is -0.379. The zero-order valence-corrected chi connectivity index (χ0v) is 11.0. The Kier molecular flexibility index (Phi) is 4.06. The molecule has 2 aromatic rings. The van der Waals surface area contributed by atoms with Gasteiger partial charge in [0.05, 0.1) is 11.5 Å². The summed E-state index contributed by atoms with van der Waals surface area (Å²) >= 11 is 3.31. The van der Waals surface area contributed by atoms with Crippen LogP contribution in [0.5, 0.6) is 0 Å². The van der Waals surface area contributed by atoms with Crippen LogP contribution in [-0.4, -0.2) is 14.9 Å². The van der Waals surface area contributed by atoms with Crippen LogP contribution in [0.4, 0.5) is 5.69 Å². The van der Waals surface area contributed by atoms with E-state index < -0.39 is 0 Å². The third-order valence-corrected chi connectivity index (χ3v) is 2.89. The summed E-state index contributed by atoms with van der Waals surface area (Å²) < 4.78 is 0.822. The maximum atomic E-state index is 10.9. The largest absolute Gasteiger partial charge is 0.348 e. The highest BCUT2D eigenvalue weighted by Crippen LogP contribution is 2.22. The summed E-state index contributed by atoms with van der Waals surface area (Å²) in [4.78, 5) is 17.5. The predicted molar refractivity (Wildman–Crippen MR) is 69.9 cm³/mol. The zero-order chi connectivity index (χ0) is 13.0. The first kappa shape index (κ1) is 12.7. The molecule has 94 valence electrons. The van der Waals surface area contributed by atoms with E-state index in [0.717, 1.165) is 10.3 Å². The van der Waals surface area contributed by atoms with E-state index in [-0.39, 0.29) is 10.6 Å². The monoisotopic (exact) mass is 310 g/mol. The van der Waals surface area contributed by atoms with Gasteiger partial charge >= 0.3 is 0 Å². The van der Waals surface area contributed by atoms with Gasteiger partial charge in [-0.3, -0.25) is 10.1 Å². The molecule has 0 fully saturated rings. The molecule has 0 saturated heterocycles. The number of halogens is 1. The molecule has 2 N–H and O–H groups in total. The summed E-state index contributed by atoms with van der Waals surface area (Å²) in [5, 5.41) is 14.0. The van der Waals surface area contributed by atoms with E-state index in [0.29, 0.717) is 18.7 Å². The number of nitrogens with zero attached hydrogens (tertiary/aromatic N) is 2. The van der Waals surface area contributed by atoms with Gasteiger partial charge < -0.3 is 10.3 Å². The van der Waals surface area contributed by atoms with E-state index in [1.807, 2.05) is 0 Å². The number of nitro groups is 1. The highest BCUT2D eigenvalue weighted by atomic mass is 79.9. The molecule has 1 aromatic carbocycles. The van der Waals surface area contributed by atoms with Crippen LogP contribution < -0.4 is 5.32 Å². The summed E-state index contributed by atoms with van der Waals surface area (Å²) in [6.07, 6.45) is 3.40. The minimum Gasteiger partial charge on any atom is -0.348 e. The van der Waals surface area contributed by atoms with Gasteiger partial charge in [0.2, 0.25) is 0 Å². The number of rotatable bonds is 5. The predicted octanol–water partition coefficient (Wildman–Crippen LogP) is 2.37. The van der Waals surface area contributed by atoms with Crippen molar-refractivity contribution in [2.75, 3.05) is 0 Å². The Balaban J connectivity index is 2.03. The number of H-pyrrole nitrogens is 1. The van der Waals surface area contributed by atoms with Crippen molar-refractivity contribution in [2.24, 2.45) is 0 Å². The van der Waals surface area contributed by atoms with Crippen molar-refractivity contribution in [2.45, 2.75) is 13.1 Å². The van der Waals surface area contributed by atoms with Crippen molar-refractivity contribution in [3.63, 3.8) is 0 Å². The van der Waals surface area contributed by atoms with E-state index >= 15 is 0 Å². The van der Waals surface area contributed by atoms with Gasteiger partial charge in [-0.05, 0) is 12.1 Å². The van der Waals surface area contributed by atoms with Crippen LogP contribution in [0.3, 0.4) is 0 Å². The lowest BCUT2D eigenvalue weighted by Gasteiger charge is -2.05. The average Bonchev–Trinajstić information content (AvgIpc) is 2.82. The van der Waals surface area contributed by atoms with E-state index in [1.54, 1.807) is 24.5 Å². The number of aromatic amines is 1. The highest BCUT2D eigenvalue weighted by molar-refractivity contribution is 9.10. The van der Waals surface area contributed by atoms with Crippen LogP contribution in [0.2, 0.25) is 0 Å². The molecule has 0 atom stereocenters. The maximum absolute atomic E-state index is 10.9. The number of hydrogen-bond acceptors (Lipinski definition) is 4. The molecule has 0 unspecified atom stereocenters. The molecule has 1 heterocycles. The summed E-state index contributed by atoms with van der Waals surface area (Å²) in [6.45, 7) is 0.952. The normalized spacial score (nSPS) is 10.5. The number of benzene rings is 1. The van der Waals surface area contributed by atoms with Gasteiger partial charge in [-0.15, -0.1) is 0 Å². The number of aromatic nitrogens is 2. The molecule has 0 saturated carbocycles. The van der Waals surface area contributed by atoms with Crippen LogP contribution >= 0.6 is 15.9 Å². The molecule has 7 heteroatoms. The Labute approximate surface area is 112 Å². The molecule has 2 rings (SSSR count). The second kappa shape index (κ2) is 5.74. The van der Waals surface area contributed by atoms with Crippen LogP contribution in [0.25, 0.3) is 0 Å². The van der Waals surface area contributed by atoms with Crippen molar-refractivity contribution in [3.8, 4) is 0 Å². The summed E-state index contributed by atoms with van der Waals surface area (Å²) in [5.74, 6) is 0.799. The molecular formula is C11H11BrN4O2. The van der Waals surface area contributed by atoms with Gasteiger partial charge in [0.25, 0.3) is 5.69 Å². The summed E-state index contributed by atoms with van der Waals surface area (Å²) in [7, 11) is 0. The average molecular weight is 311 g/mol. The second-order valence-corrected chi connectivity index (χ2v) is 4.59. The summed E-state index contributed by atoms with van der Waals surface area (Å²) in [6, 6.07) is 4.90. The second-order valence-electron chi connectivity index (χ2n) is 3.67. The molecular weight excluding hydrogens is 300 g/mol. The minimum absolute atomic E-state index is 0.116. The van der Waals surface area contributed by atoms with E-state index in [2.05, 4.69) is 31.2 Å². The van der Waals surface area contributed by atoms with E-state index in [4.69, 9.17) is 0 Å². The van der Waals surface area contributed by atoms with Crippen molar-refractivity contribution >= 4 is 21.6 Å². The Morgan fingerprint density at radius 3 is 2.94 bits per heavy atom. The van der Waals surface area contributed by atoms with Crippen molar-refractivity contribution < 1.29 is 4.92 Å². The van der Waals surface area contributed by atoms with Crippen LogP contribution in [-0.2, 0) is 13.1 Å². The van der Waals surface area contributed by atoms with Crippen LogP contribution in [0.1, 0.15) is 11.4 Å². The fraction of sp³-hybridized carbons (Fsp3) is 0.182. The number of hydrogen-bond donors (Lipinski definition) is 2. The molecule has 0 bridgehead atoms. The van der Waals surface area contributed by atoms with Gasteiger partial charge in [-0.2, -0.15) is 0 Å². The first-order chi connectivity index (χ1) is 8.66. The molecule has 1 aromatic heterocycles. The lowest BCUT2D eigenvalue weighted by Crippen LogP contribution is -2.14. The maximum Gasteiger partial charge on any atom is 0.273 e. The lowest BCUT2D eigenvalue weighted by molar-refractivity contribution is -0.385. The molecule has 6 nitrogen and oxygen atoms in total. The number of nitro benzene ring substituents is 1. The third-order valence-electron chi connectivity index (χ3n) is 2.40. The zero-order valence-electron chi connectivity index (χ0n) is 9.39. The Morgan fingerprint density at radius 2 is 2.28 bits per heavy atom. The molecule has 0 aliphatic heterocycles. The number of imidazole rings is 1. The fourth-order valence-corrected chi connectivity index (χ4v) is 1.99. The highest BCUT2D eigenvalue weighted by Gasteiger charge is 2.13. The van der Waals surface area contributed by atoms with Gasteiger partial charge in [-0.25, -0.2) is 4.98 Å². The molecule has 0 spiro atoms. The topological polar surface area (TPSA) is 83.8 Å². The Hall–Kier alpha value is -1.73. The SMILES string of the molecule is O=[N+]([O-])c1ccc(Br)cc1CNCc1ncc[nH]1. The standard InChI is InChI=1S/C11H11BrN4O2/c12-9-1-2-10(16(17)18)8(5-9)6-13-7-11-14-3-4-15-11/h1-5,13H,6-7H2,(H,14,15). The first-order valence-electron chi connectivity index (χ1n) is 5.28. The third kappa shape index (κ3) is 3.14. The van der Waals surface area contributed by atoms with Gasteiger partial charge in [0, 0.05) is 35.0 Å². The van der Waals surface area contributed by atoms with Gasteiger partial charge in [0.1, 0.15) is 5.82 Å². The van der Waals surface area contributed by atoms with E-state index in [1.165, 1.54) is 6.07 Å².